The summed E-state index contributed by atoms with van der Waals surface area (Å²) in [7, 11) is 0. The fourth-order valence-corrected chi connectivity index (χ4v) is 5.29. The fourth-order valence-electron chi connectivity index (χ4n) is 4.66. The van der Waals surface area contributed by atoms with Crippen LogP contribution in [-0.2, 0) is 0 Å². The number of hydrogen-bond donors (Lipinski definition) is 2. The summed E-state index contributed by atoms with van der Waals surface area (Å²) in [6.07, 6.45) is 10.3. The number of halogens is 4. The van der Waals surface area contributed by atoms with E-state index < -0.39 is 18.4 Å². The second-order valence-electron chi connectivity index (χ2n) is 8.50. The largest absolute Gasteiger partial charge is 0.393 e. The Balaban J connectivity index is 1.52. The zero-order valence-corrected chi connectivity index (χ0v) is 19.1. The number of hydrogen-bond acceptors (Lipinski definition) is 3. The van der Waals surface area contributed by atoms with E-state index in [1.807, 2.05) is 16.9 Å². The number of pyridine rings is 1. The Morgan fingerprint density at radius 1 is 1.15 bits per heavy atom. The van der Waals surface area contributed by atoms with Gasteiger partial charge in [0.25, 0.3) is 0 Å². The average molecular weight is 491 g/mol. The monoisotopic (exact) mass is 490 g/mol. The summed E-state index contributed by atoms with van der Waals surface area (Å²) in [5, 5.41) is 15.0. The molecule has 1 aliphatic carbocycles. The maximum atomic E-state index is 14.3. The van der Waals surface area contributed by atoms with Crippen molar-refractivity contribution in [3.05, 3.63) is 70.0 Å². The summed E-state index contributed by atoms with van der Waals surface area (Å²) < 4.78 is 30.3. The second-order valence-corrected chi connectivity index (χ2v) is 9.28. The third-order valence-electron chi connectivity index (χ3n) is 6.50. The first-order valence-electron chi connectivity index (χ1n) is 10.8. The Hall–Kier alpha value is -2.48. The van der Waals surface area contributed by atoms with E-state index in [-0.39, 0.29) is 27.8 Å². The highest BCUT2D eigenvalue weighted by Gasteiger charge is 2.26. The first-order chi connectivity index (χ1) is 16.0. The van der Waals surface area contributed by atoms with Crippen LogP contribution in [0.5, 0.6) is 0 Å². The minimum absolute atomic E-state index is 0.178. The fraction of sp³-hybridized carbons (Fsp3) is 0.333. The summed E-state index contributed by atoms with van der Waals surface area (Å²) in [6, 6.07) is 4.74. The lowest BCUT2D eigenvalue weighted by molar-refractivity contribution is 0.108. The number of aliphatic hydroxyl groups excluding tert-OH is 1. The molecule has 0 spiro atoms. The van der Waals surface area contributed by atoms with Gasteiger partial charge in [-0.2, -0.15) is 5.10 Å². The van der Waals surface area contributed by atoms with Crippen molar-refractivity contribution in [3.63, 3.8) is 0 Å². The van der Waals surface area contributed by atoms with E-state index in [0.29, 0.717) is 16.6 Å². The van der Waals surface area contributed by atoms with E-state index >= 15 is 0 Å². The molecular weight excluding hydrogens is 469 g/mol. The highest BCUT2D eigenvalue weighted by Crippen LogP contribution is 2.40. The van der Waals surface area contributed by atoms with Gasteiger partial charge < -0.3 is 10.1 Å². The molecule has 0 radical (unpaired) electrons. The van der Waals surface area contributed by atoms with Crippen molar-refractivity contribution in [2.24, 2.45) is 0 Å². The van der Waals surface area contributed by atoms with Gasteiger partial charge in [0.1, 0.15) is 18.1 Å². The molecule has 3 aromatic heterocycles. The Kier molecular flexibility index (Phi) is 6.12. The molecule has 9 heteroatoms. The number of rotatable bonds is 5. The van der Waals surface area contributed by atoms with E-state index in [2.05, 4.69) is 15.1 Å². The summed E-state index contributed by atoms with van der Waals surface area (Å²) in [5.74, 6) is -1.49. The number of fused-ring (bicyclic) bond motifs is 1. The Morgan fingerprint density at radius 3 is 2.70 bits per heavy atom. The maximum absolute atomic E-state index is 14.3. The van der Waals surface area contributed by atoms with E-state index in [1.54, 1.807) is 18.6 Å². The number of nitrogens with zero attached hydrogens (tertiary/aromatic N) is 3. The molecule has 1 atom stereocenters. The lowest BCUT2D eigenvalue weighted by Gasteiger charge is -2.25. The summed E-state index contributed by atoms with van der Waals surface area (Å²) in [6.45, 7) is -0.800. The molecule has 4 aromatic rings. The maximum Gasteiger partial charge on any atom is 0.142 e. The molecule has 0 amide bonds. The molecule has 33 heavy (non-hydrogen) atoms. The number of benzene rings is 1. The van der Waals surface area contributed by atoms with Gasteiger partial charge in [-0.25, -0.2) is 9.37 Å². The van der Waals surface area contributed by atoms with Crippen molar-refractivity contribution in [2.45, 2.75) is 43.7 Å². The molecule has 172 valence electrons. The minimum atomic E-state index is -0.845. The smallest absolute Gasteiger partial charge is 0.142 e. The molecule has 3 heterocycles. The van der Waals surface area contributed by atoms with Crippen molar-refractivity contribution >= 4 is 34.2 Å². The predicted octanol–water partition coefficient (Wildman–Crippen LogP) is 6.45. The molecule has 2 N–H and O–H groups in total. The molecule has 1 aromatic carbocycles. The second kappa shape index (κ2) is 9.05. The first-order valence-corrected chi connectivity index (χ1v) is 11.6. The number of alkyl halides is 1. The van der Waals surface area contributed by atoms with E-state index in [9.17, 15) is 13.9 Å². The van der Waals surface area contributed by atoms with E-state index in [1.165, 1.54) is 12.1 Å². The molecule has 0 saturated heterocycles. The summed E-state index contributed by atoms with van der Waals surface area (Å²) in [4.78, 5) is 7.56. The molecule has 0 aliphatic heterocycles. The van der Waals surface area contributed by atoms with Gasteiger partial charge >= 0.3 is 0 Å². The zero-order chi connectivity index (χ0) is 23.1. The van der Waals surface area contributed by atoms with Gasteiger partial charge in [-0.1, -0.05) is 23.2 Å². The van der Waals surface area contributed by atoms with Crippen LogP contribution >= 0.6 is 23.2 Å². The molecule has 1 fully saturated rings. The molecule has 5 rings (SSSR count). The van der Waals surface area contributed by atoms with Crippen LogP contribution in [0.25, 0.3) is 22.2 Å². The third kappa shape index (κ3) is 4.14. The van der Waals surface area contributed by atoms with Crippen LogP contribution in [0, 0.1) is 5.82 Å². The Morgan fingerprint density at radius 2 is 1.94 bits per heavy atom. The summed E-state index contributed by atoms with van der Waals surface area (Å²) >= 11 is 12.5. The van der Waals surface area contributed by atoms with E-state index in [4.69, 9.17) is 23.2 Å². The Labute approximate surface area is 199 Å². The topological polar surface area (TPSA) is 66.7 Å². The van der Waals surface area contributed by atoms with Gasteiger partial charge in [-0.05, 0) is 49.4 Å². The standard InChI is InChI=1S/C24H22Cl2F2N4O/c25-20-5-6-21(28)23(26)22(20)18(8-27)19-11-30-24-17(19)7-13(9-29-24)14-10-31-32(12-14)15-1-3-16(33)4-2-15/h5-7,9-12,15-16,18,33H,1-4,8H2,(H,29,30)/t15?,16?,18-/m0/s1. The van der Waals surface area contributed by atoms with Gasteiger partial charge in [0.05, 0.1) is 23.4 Å². The van der Waals surface area contributed by atoms with Crippen LogP contribution in [0.3, 0.4) is 0 Å². The average Bonchev–Trinajstić information content (AvgIpc) is 3.47. The minimum Gasteiger partial charge on any atom is -0.393 e. The van der Waals surface area contributed by atoms with Gasteiger partial charge in [0.2, 0.25) is 0 Å². The van der Waals surface area contributed by atoms with Crippen LogP contribution in [0.2, 0.25) is 10.0 Å². The van der Waals surface area contributed by atoms with Crippen LogP contribution in [0.4, 0.5) is 8.78 Å². The highest BCUT2D eigenvalue weighted by molar-refractivity contribution is 6.36. The number of nitrogens with one attached hydrogen (secondary N) is 1. The van der Waals surface area contributed by atoms with Gasteiger partial charge in [0.15, 0.2) is 0 Å². The zero-order valence-electron chi connectivity index (χ0n) is 17.6. The van der Waals surface area contributed by atoms with Crippen LogP contribution < -0.4 is 0 Å². The SMILES string of the molecule is OC1CCC(n2cc(-c3cnc4[nH]cc([C@H](CF)c5c(Cl)ccc(F)c5Cl)c4c3)cn2)CC1. The first kappa shape index (κ1) is 22.3. The summed E-state index contributed by atoms with van der Waals surface area (Å²) in [5.41, 5.74) is 3.13. The lowest BCUT2D eigenvalue weighted by atomic mass is 9.91. The molecule has 1 saturated carbocycles. The molecular formula is C24H22Cl2F2N4O. The van der Waals surface area contributed by atoms with Crippen molar-refractivity contribution in [1.29, 1.82) is 0 Å². The highest BCUT2D eigenvalue weighted by atomic mass is 35.5. The van der Waals surface area contributed by atoms with Crippen molar-refractivity contribution < 1.29 is 13.9 Å². The number of aromatic amines is 1. The van der Waals surface area contributed by atoms with E-state index in [0.717, 1.165) is 36.8 Å². The molecule has 1 aliphatic rings. The predicted molar refractivity (Wildman–Crippen MR) is 125 cm³/mol. The van der Waals surface area contributed by atoms with Crippen molar-refractivity contribution in [1.82, 2.24) is 19.7 Å². The Bertz CT molecular complexity index is 1300. The normalized spacial score (nSPS) is 19.8. The third-order valence-corrected chi connectivity index (χ3v) is 7.21. The quantitative estimate of drug-likeness (QED) is 0.316. The molecule has 0 unspecified atom stereocenters. The number of aliphatic hydroxyl groups is 1. The van der Waals surface area contributed by atoms with Crippen LogP contribution in [0.1, 0.15) is 48.8 Å². The molecule has 0 bridgehead atoms. The molecule has 5 nitrogen and oxygen atoms in total. The van der Waals surface area contributed by atoms with Crippen LogP contribution in [-0.4, -0.2) is 37.6 Å². The van der Waals surface area contributed by atoms with Crippen molar-refractivity contribution in [2.75, 3.05) is 6.67 Å². The van der Waals surface area contributed by atoms with Crippen molar-refractivity contribution in [3.8, 4) is 11.1 Å². The van der Waals surface area contributed by atoms with Crippen LogP contribution in [0.15, 0.2) is 43.0 Å². The van der Waals surface area contributed by atoms with Gasteiger partial charge in [-0.15, -0.1) is 0 Å². The number of H-pyrrole nitrogens is 1. The number of aromatic nitrogens is 4. The lowest BCUT2D eigenvalue weighted by Crippen LogP contribution is -2.21. The van der Waals surface area contributed by atoms with Gasteiger partial charge in [-0.3, -0.25) is 9.07 Å². The van der Waals surface area contributed by atoms with Gasteiger partial charge in [0, 0.05) is 51.6 Å².